The number of ether oxygens (including phenoxy) is 2. The third kappa shape index (κ3) is 19.1. The minimum absolute atomic E-state index is 0.128. The third-order valence-corrected chi connectivity index (χ3v) is 6.59. The molecule has 200 valence electrons. The van der Waals surface area contributed by atoms with Crippen LogP contribution in [-0.4, -0.2) is 79.7 Å². The number of thioether (sulfide) groups is 1. The number of carbonyl (C=O) groups excluding carboxylic acids is 3. The molecule has 0 rings (SSSR count). The maximum absolute atomic E-state index is 12.7. The van der Waals surface area contributed by atoms with Crippen LogP contribution in [0.1, 0.15) is 97.3 Å². The van der Waals surface area contributed by atoms with Crippen molar-refractivity contribution < 1.29 is 23.9 Å². The Balaban J connectivity index is 4.82. The Morgan fingerprint density at radius 3 is 1.76 bits per heavy atom. The predicted molar refractivity (Wildman–Crippen MR) is 141 cm³/mol. The second-order valence-electron chi connectivity index (χ2n) is 9.22. The monoisotopic (exact) mass is 502 g/mol. The van der Waals surface area contributed by atoms with Gasteiger partial charge in [0.2, 0.25) is 0 Å². The minimum Gasteiger partial charge on any atom is -0.468 e. The van der Waals surface area contributed by atoms with Crippen molar-refractivity contribution in [3.05, 3.63) is 0 Å². The molecule has 34 heavy (non-hydrogen) atoms. The largest absolute Gasteiger partial charge is 0.468 e. The van der Waals surface area contributed by atoms with Crippen LogP contribution in [-0.2, 0) is 19.1 Å². The van der Waals surface area contributed by atoms with E-state index < -0.39 is 11.9 Å². The molecule has 0 aromatic rings. The van der Waals surface area contributed by atoms with Gasteiger partial charge in [0, 0.05) is 12.3 Å². The molecule has 0 radical (unpaired) electrons. The lowest BCUT2D eigenvalue weighted by Crippen LogP contribution is -2.39. The summed E-state index contributed by atoms with van der Waals surface area (Å²) >= 11 is 1.10. The molecule has 0 N–H and O–H groups in total. The summed E-state index contributed by atoms with van der Waals surface area (Å²) in [4.78, 5) is 40.4. The number of carbonyl (C=O) groups is 3. The van der Waals surface area contributed by atoms with E-state index >= 15 is 0 Å². The zero-order chi connectivity index (χ0) is 25.6. The van der Waals surface area contributed by atoms with E-state index in [1.54, 1.807) is 0 Å². The summed E-state index contributed by atoms with van der Waals surface area (Å²) in [7, 11) is 5.14. The second kappa shape index (κ2) is 22.2. The van der Waals surface area contributed by atoms with E-state index in [2.05, 4.69) is 13.8 Å². The molecule has 1 unspecified atom stereocenters. The highest BCUT2D eigenvalue weighted by Gasteiger charge is 2.23. The van der Waals surface area contributed by atoms with Gasteiger partial charge in [0.25, 0.3) is 5.24 Å². The summed E-state index contributed by atoms with van der Waals surface area (Å²) in [6, 6.07) is 0. The number of nitrogens with zero attached hydrogens (tertiary/aromatic N) is 2. The molecule has 7 nitrogen and oxygen atoms in total. The van der Waals surface area contributed by atoms with Crippen molar-refractivity contribution in [2.75, 3.05) is 46.6 Å². The second-order valence-corrected chi connectivity index (χ2v) is 10.3. The molecule has 0 fully saturated rings. The van der Waals surface area contributed by atoms with Gasteiger partial charge < -0.3 is 19.3 Å². The highest BCUT2D eigenvalue weighted by Crippen LogP contribution is 2.17. The van der Waals surface area contributed by atoms with Crippen LogP contribution in [0.5, 0.6) is 0 Å². The van der Waals surface area contributed by atoms with Crippen molar-refractivity contribution >= 4 is 28.9 Å². The number of hydrogen-bond donors (Lipinski definition) is 0. The molecule has 1 atom stereocenters. The van der Waals surface area contributed by atoms with E-state index in [0.29, 0.717) is 5.75 Å². The Bertz CT molecular complexity index is 545. The molecule has 0 aliphatic heterocycles. The molecule has 0 aromatic heterocycles. The Morgan fingerprint density at radius 1 is 0.765 bits per heavy atom. The zero-order valence-corrected chi connectivity index (χ0v) is 23.3. The number of amides is 1. The third-order valence-electron chi connectivity index (χ3n) is 5.70. The molecule has 0 aliphatic carbocycles. The van der Waals surface area contributed by atoms with Gasteiger partial charge in [-0.15, -0.1) is 0 Å². The smallest absolute Gasteiger partial charge is 0.325 e. The molecule has 0 aliphatic rings. The molecular formula is C26H50N2O5S. The van der Waals surface area contributed by atoms with Crippen molar-refractivity contribution in [3.8, 4) is 0 Å². The number of esters is 2. The zero-order valence-electron chi connectivity index (χ0n) is 22.4. The van der Waals surface area contributed by atoms with Crippen LogP contribution in [0.3, 0.4) is 0 Å². The van der Waals surface area contributed by atoms with Gasteiger partial charge in [-0.2, -0.15) is 0 Å². The van der Waals surface area contributed by atoms with Crippen molar-refractivity contribution in [2.45, 2.75) is 103 Å². The van der Waals surface area contributed by atoms with Gasteiger partial charge in [0.15, 0.2) is 0 Å². The molecule has 0 bridgehead atoms. The summed E-state index contributed by atoms with van der Waals surface area (Å²) in [5, 5.41) is -0.309. The Morgan fingerprint density at radius 2 is 1.26 bits per heavy atom. The lowest BCUT2D eigenvalue weighted by atomic mass is 10.0. The van der Waals surface area contributed by atoms with Crippen LogP contribution in [0.15, 0.2) is 0 Å². The van der Waals surface area contributed by atoms with Crippen LogP contribution in [0.4, 0.5) is 4.79 Å². The normalized spacial score (nSPS) is 11.9. The van der Waals surface area contributed by atoms with Crippen molar-refractivity contribution in [2.24, 2.45) is 0 Å². The van der Waals surface area contributed by atoms with E-state index in [1.165, 1.54) is 57.0 Å². The van der Waals surface area contributed by atoms with Crippen LogP contribution in [0, 0.1) is 0 Å². The lowest BCUT2D eigenvalue weighted by Gasteiger charge is -2.23. The van der Waals surface area contributed by atoms with Gasteiger partial charge >= 0.3 is 11.9 Å². The van der Waals surface area contributed by atoms with Gasteiger partial charge in [0.1, 0.15) is 19.2 Å². The Labute approximate surface area is 212 Å². The lowest BCUT2D eigenvalue weighted by molar-refractivity contribution is -0.151. The van der Waals surface area contributed by atoms with Gasteiger partial charge in [-0.3, -0.25) is 14.4 Å². The number of methoxy groups -OCH3 is 1. The molecule has 0 saturated carbocycles. The summed E-state index contributed by atoms with van der Waals surface area (Å²) in [6.45, 7) is 4.65. The first kappa shape index (κ1) is 32.7. The van der Waals surface area contributed by atoms with E-state index in [4.69, 9.17) is 9.47 Å². The fourth-order valence-electron chi connectivity index (χ4n) is 3.58. The highest BCUT2D eigenvalue weighted by atomic mass is 32.2. The fourth-order valence-corrected chi connectivity index (χ4v) is 4.52. The van der Waals surface area contributed by atoms with Crippen LogP contribution in [0.2, 0.25) is 0 Å². The molecule has 0 aromatic carbocycles. The van der Waals surface area contributed by atoms with Crippen LogP contribution in [0.25, 0.3) is 0 Å². The van der Waals surface area contributed by atoms with Crippen molar-refractivity contribution in [1.29, 1.82) is 0 Å². The molecule has 0 saturated heterocycles. The van der Waals surface area contributed by atoms with Gasteiger partial charge in [-0.1, -0.05) is 83.4 Å². The first-order valence-corrected chi connectivity index (χ1v) is 14.1. The molecule has 0 heterocycles. The highest BCUT2D eigenvalue weighted by molar-refractivity contribution is 8.13. The van der Waals surface area contributed by atoms with Crippen LogP contribution < -0.4 is 0 Å². The van der Waals surface area contributed by atoms with Gasteiger partial charge in [-0.25, -0.2) is 0 Å². The molecule has 0 spiro atoms. The number of hydrogen-bond acceptors (Lipinski definition) is 7. The number of rotatable bonds is 21. The van der Waals surface area contributed by atoms with E-state index in [-0.39, 0.29) is 24.4 Å². The molecule has 8 heteroatoms. The van der Waals surface area contributed by atoms with Gasteiger partial charge in [-0.05, 0) is 39.8 Å². The summed E-state index contributed by atoms with van der Waals surface area (Å²) in [5.41, 5.74) is 0. The van der Waals surface area contributed by atoms with E-state index in [9.17, 15) is 14.4 Å². The predicted octanol–water partition coefficient (Wildman–Crippen LogP) is 5.90. The quantitative estimate of drug-likeness (QED) is 0.143. The van der Waals surface area contributed by atoms with Crippen molar-refractivity contribution in [1.82, 2.24) is 9.80 Å². The molecular weight excluding hydrogens is 452 g/mol. The number of unbranched alkanes of at least 4 members (excludes halogenated alkanes) is 9. The van der Waals surface area contributed by atoms with E-state index in [0.717, 1.165) is 56.8 Å². The summed E-state index contributed by atoms with van der Waals surface area (Å²) in [5.74, 6) is -0.416. The fraction of sp³-hybridized carbons (Fsp3) is 0.885. The summed E-state index contributed by atoms with van der Waals surface area (Å²) < 4.78 is 10.5. The van der Waals surface area contributed by atoms with Crippen molar-refractivity contribution in [3.63, 3.8) is 0 Å². The first-order valence-electron chi connectivity index (χ1n) is 13.2. The maximum atomic E-state index is 12.7. The minimum atomic E-state index is -0.547. The maximum Gasteiger partial charge on any atom is 0.325 e. The van der Waals surface area contributed by atoms with Gasteiger partial charge in [0.05, 0.1) is 7.11 Å². The average Bonchev–Trinajstić information content (AvgIpc) is 2.79. The average molecular weight is 503 g/mol. The van der Waals surface area contributed by atoms with E-state index in [1.807, 2.05) is 19.0 Å². The van der Waals surface area contributed by atoms with Crippen LogP contribution >= 0.6 is 11.8 Å². The SMILES string of the molecule is CCCCCCCCC(CCCCCCC)OC(=O)CN(CC(=O)OC)C(=O)SCCN(C)C. The molecule has 1 amide bonds. The first-order chi connectivity index (χ1) is 16.3. The topological polar surface area (TPSA) is 76.1 Å². The Kier molecular flexibility index (Phi) is 21.4. The summed E-state index contributed by atoms with van der Waals surface area (Å²) in [6.07, 6.45) is 14.6. The standard InChI is InChI=1S/C26H50N2O5S/c1-6-8-10-12-14-16-18-23(17-15-13-11-9-7-2)33-25(30)22-28(21-24(29)32-5)26(31)34-20-19-27(3)4/h23H,6-22H2,1-5H3. The Hall–Kier alpha value is -1.28.